The van der Waals surface area contributed by atoms with Gasteiger partial charge in [0.15, 0.2) is 0 Å². The standard InChI is InChI=1S/C20H28N2O/c1-14-12-22(13-15-6-3-2-4-7-15)11-10-18(14)21-20(23)19-16-8-5-9-17(16)19/h2-4,6-7,14,16-19H,5,8-13H2,1H3,(H,21,23)/t14-,16+,17+,18+/m1/s1. The van der Waals surface area contributed by atoms with Gasteiger partial charge in [-0.05, 0) is 42.6 Å². The van der Waals surface area contributed by atoms with E-state index in [9.17, 15) is 4.79 Å². The van der Waals surface area contributed by atoms with Crippen molar-refractivity contribution in [3.05, 3.63) is 35.9 Å². The minimum Gasteiger partial charge on any atom is -0.353 e. The number of amides is 1. The summed E-state index contributed by atoms with van der Waals surface area (Å²) in [7, 11) is 0. The van der Waals surface area contributed by atoms with Crippen molar-refractivity contribution in [1.82, 2.24) is 10.2 Å². The van der Waals surface area contributed by atoms with E-state index in [-0.39, 0.29) is 0 Å². The SMILES string of the molecule is C[C@@H]1CN(Cc2ccccc2)CC[C@@H]1NC(=O)C1[C@H]2CCC[C@H]12. The van der Waals surface area contributed by atoms with Crippen LogP contribution in [0.1, 0.15) is 38.2 Å². The van der Waals surface area contributed by atoms with Crippen molar-refractivity contribution in [2.24, 2.45) is 23.7 Å². The van der Waals surface area contributed by atoms with Gasteiger partial charge in [0.25, 0.3) is 0 Å². The smallest absolute Gasteiger partial charge is 0.223 e. The second-order valence-corrected chi connectivity index (χ2v) is 7.89. The minimum atomic E-state index is 0.355. The number of benzene rings is 1. The molecule has 1 N–H and O–H groups in total. The van der Waals surface area contributed by atoms with Gasteiger partial charge < -0.3 is 5.32 Å². The van der Waals surface area contributed by atoms with Crippen LogP contribution in [-0.4, -0.2) is 29.9 Å². The van der Waals surface area contributed by atoms with Gasteiger partial charge in [-0.3, -0.25) is 9.69 Å². The molecule has 0 spiro atoms. The van der Waals surface area contributed by atoms with Crippen LogP contribution in [-0.2, 0) is 11.3 Å². The van der Waals surface area contributed by atoms with Crippen LogP contribution in [0.5, 0.6) is 0 Å². The highest BCUT2D eigenvalue weighted by Crippen LogP contribution is 2.57. The van der Waals surface area contributed by atoms with E-state index in [1.54, 1.807) is 0 Å². The molecule has 1 aromatic rings. The zero-order valence-corrected chi connectivity index (χ0v) is 14.1. The molecule has 0 bridgehead atoms. The first-order valence-corrected chi connectivity index (χ1v) is 9.29. The van der Waals surface area contributed by atoms with Gasteiger partial charge >= 0.3 is 0 Å². The van der Waals surface area contributed by atoms with Crippen LogP contribution >= 0.6 is 0 Å². The molecule has 23 heavy (non-hydrogen) atoms. The Labute approximate surface area is 139 Å². The molecule has 2 aliphatic carbocycles. The number of hydrogen-bond acceptors (Lipinski definition) is 2. The molecule has 1 aliphatic heterocycles. The maximum Gasteiger partial charge on any atom is 0.223 e. The molecule has 0 unspecified atom stereocenters. The third-order valence-corrected chi connectivity index (χ3v) is 6.28. The Hall–Kier alpha value is -1.35. The van der Waals surface area contributed by atoms with E-state index >= 15 is 0 Å². The van der Waals surface area contributed by atoms with E-state index in [1.165, 1.54) is 24.8 Å². The number of rotatable bonds is 4. The largest absolute Gasteiger partial charge is 0.353 e. The average Bonchev–Trinajstić information content (AvgIpc) is 3.04. The zero-order valence-electron chi connectivity index (χ0n) is 14.1. The molecule has 0 aromatic heterocycles. The summed E-state index contributed by atoms with van der Waals surface area (Å²) >= 11 is 0. The van der Waals surface area contributed by atoms with E-state index in [2.05, 4.69) is 47.5 Å². The van der Waals surface area contributed by atoms with Crippen LogP contribution in [0.2, 0.25) is 0 Å². The van der Waals surface area contributed by atoms with Gasteiger partial charge in [0.1, 0.15) is 0 Å². The van der Waals surface area contributed by atoms with Crippen molar-refractivity contribution < 1.29 is 4.79 Å². The summed E-state index contributed by atoms with van der Waals surface area (Å²) in [6.45, 7) is 5.48. The molecule has 3 fully saturated rings. The maximum absolute atomic E-state index is 12.5. The number of likely N-dealkylation sites (tertiary alicyclic amines) is 1. The number of carbonyl (C=O) groups is 1. The van der Waals surface area contributed by atoms with Gasteiger partial charge in [-0.2, -0.15) is 0 Å². The Kier molecular flexibility index (Phi) is 4.14. The van der Waals surface area contributed by atoms with Crippen molar-refractivity contribution in [2.75, 3.05) is 13.1 Å². The first-order valence-electron chi connectivity index (χ1n) is 9.29. The van der Waals surface area contributed by atoms with Crippen LogP contribution in [0.25, 0.3) is 0 Å². The van der Waals surface area contributed by atoms with Gasteiger partial charge in [0.2, 0.25) is 5.91 Å². The Morgan fingerprint density at radius 2 is 1.91 bits per heavy atom. The summed E-state index contributed by atoms with van der Waals surface area (Å²) in [5.74, 6) is 2.70. The summed E-state index contributed by atoms with van der Waals surface area (Å²) in [5, 5.41) is 3.38. The third-order valence-electron chi connectivity index (χ3n) is 6.28. The van der Waals surface area contributed by atoms with Crippen molar-refractivity contribution in [3.8, 4) is 0 Å². The highest BCUT2D eigenvalue weighted by atomic mass is 16.2. The Bertz CT molecular complexity index is 548. The molecule has 1 aromatic carbocycles. The van der Waals surface area contributed by atoms with Crippen LogP contribution in [0.4, 0.5) is 0 Å². The van der Waals surface area contributed by atoms with Crippen LogP contribution < -0.4 is 5.32 Å². The summed E-state index contributed by atoms with van der Waals surface area (Å²) in [5.41, 5.74) is 1.38. The summed E-state index contributed by atoms with van der Waals surface area (Å²) in [6, 6.07) is 11.1. The molecule has 1 amide bonds. The van der Waals surface area contributed by atoms with E-state index in [4.69, 9.17) is 0 Å². The molecule has 4 atom stereocenters. The van der Waals surface area contributed by atoms with E-state index < -0.39 is 0 Å². The molecule has 124 valence electrons. The summed E-state index contributed by atoms with van der Waals surface area (Å²) in [6.07, 6.45) is 5.00. The molecule has 3 aliphatic rings. The zero-order chi connectivity index (χ0) is 15.8. The molecular formula is C20H28N2O. The number of fused-ring (bicyclic) bond motifs is 1. The van der Waals surface area contributed by atoms with Crippen molar-refractivity contribution in [3.63, 3.8) is 0 Å². The van der Waals surface area contributed by atoms with Gasteiger partial charge in [0, 0.05) is 31.6 Å². The molecule has 3 heteroatoms. The van der Waals surface area contributed by atoms with Crippen LogP contribution in [0.15, 0.2) is 30.3 Å². The van der Waals surface area contributed by atoms with Crippen molar-refractivity contribution >= 4 is 5.91 Å². The number of carbonyl (C=O) groups excluding carboxylic acids is 1. The number of hydrogen-bond donors (Lipinski definition) is 1. The predicted molar refractivity (Wildman–Crippen MR) is 91.8 cm³/mol. The normalized spacial score (nSPS) is 36.5. The van der Waals surface area contributed by atoms with Gasteiger partial charge in [-0.15, -0.1) is 0 Å². The van der Waals surface area contributed by atoms with Crippen LogP contribution in [0.3, 0.4) is 0 Å². The fourth-order valence-electron chi connectivity index (χ4n) is 4.92. The first kappa shape index (κ1) is 15.2. The molecular weight excluding hydrogens is 284 g/mol. The fraction of sp³-hybridized carbons (Fsp3) is 0.650. The van der Waals surface area contributed by atoms with Crippen molar-refractivity contribution in [1.29, 1.82) is 0 Å². The lowest BCUT2D eigenvalue weighted by molar-refractivity contribution is -0.124. The molecule has 1 saturated heterocycles. The Morgan fingerprint density at radius 1 is 1.17 bits per heavy atom. The topological polar surface area (TPSA) is 32.3 Å². The molecule has 2 saturated carbocycles. The lowest BCUT2D eigenvalue weighted by atomic mass is 9.93. The van der Waals surface area contributed by atoms with E-state index in [0.29, 0.717) is 23.8 Å². The molecule has 4 rings (SSSR count). The molecule has 3 nitrogen and oxygen atoms in total. The highest BCUT2D eigenvalue weighted by molar-refractivity contribution is 5.82. The summed E-state index contributed by atoms with van der Waals surface area (Å²) in [4.78, 5) is 15.0. The summed E-state index contributed by atoms with van der Waals surface area (Å²) < 4.78 is 0. The van der Waals surface area contributed by atoms with Gasteiger partial charge in [-0.1, -0.05) is 43.7 Å². The Balaban J connectivity index is 1.27. The maximum atomic E-state index is 12.5. The van der Waals surface area contributed by atoms with E-state index in [1.807, 2.05) is 0 Å². The lowest BCUT2D eigenvalue weighted by Gasteiger charge is -2.37. The van der Waals surface area contributed by atoms with Gasteiger partial charge in [0.05, 0.1) is 0 Å². The fourth-order valence-corrected chi connectivity index (χ4v) is 4.92. The number of nitrogens with zero attached hydrogens (tertiary/aromatic N) is 1. The quantitative estimate of drug-likeness (QED) is 0.927. The first-order chi connectivity index (χ1) is 11.2. The molecule has 1 heterocycles. The number of nitrogens with one attached hydrogen (secondary N) is 1. The third kappa shape index (κ3) is 3.16. The second kappa shape index (κ2) is 6.27. The predicted octanol–water partition coefficient (Wildman–Crippen LogP) is 3.06. The van der Waals surface area contributed by atoms with Crippen molar-refractivity contribution in [2.45, 2.75) is 45.2 Å². The number of piperidine rings is 1. The molecule has 0 radical (unpaired) electrons. The van der Waals surface area contributed by atoms with Gasteiger partial charge in [-0.25, -0.2) is 0 Å². The minimum absolute atomic E-state index is 0.355. The lowest BCUT2D eigenvalue weighted by Crippen LogP contribution is -2.50. The Morgan fingerprint density at radius 3 is 2.61 bits per heavy atom. The monoisotopic (exact) mass is 312 g/mol. The highest BCUT2D eigenvalue weighted by Gasteiger charge is 2.56. The second-order valence-electron chi connectivity index (χ2n) is 7.89. The van der Waals surface area contributed by atoms with Crippen LogP contribution in [0, 0.1) is 23.7 Å². The van der Waals surface area contributed by atoms with E-state index in [0.717, 1.165) is 37.9 Å². The average molecular weight is 312 g/mol.